The minimum atomic E-state index is -0.272. The van der Waals surface area contributed by atoms with Gasteiger partial charge in [0.05, 0.1) is 16.3 Å². The summed E-state index contributed by atoms with van der Waals surface area (Å²) in [6.45, 7) is 4.77. The number of benzene rings is 2. The van der Waals surface area contributed by atoms with Crippen molar-refractivity contribution in [1.82, 2.24) is 9.55 Å². The van der Waals surface area contributed by atoms with E-state index in [0.29, 0.717) is 10.7 Å². The van der Waals surface area contributed by atoms with Crippen LogP contribution in [0.2, 0.25) is 5.02 Å². The molecule has 0 bridgehead atoms. The van der Waals surface area contributed by atoms with Gasteiger partial charge in [0.25, 0.3) is 0 Å². The molecule has 0 saturated carbocycles. The summed E-state index contributed by atoms with van der Waals surface area (Å²) in [5.74, 6) is -0.0722. The Morgan fingerprint density at radius 2 is 2.08 bits per heavy atom. The van der Waals surface area contributed by atoms with E-state index in [1.165, 1.54) is 11.8 Å². The molecular formula is C18H18ClN3OS. The summed E-state index contributed by atoms with van der Waals surface area (Å²) >= 11 is 7.41. The number of rotatable bonds is 5. The minimum absolute atomic E-state index is 0.0722. The lowest BCUT2D eigenvalue weighted by molar-refractivity contribution is -0.115. The van der Waals surface area contributed by atoms with Crippen molar-refractivity contribution in [2.75, 3.05) is 5.32 Å². The highest BCUT2D eigenvalue weighted by Crippen LogP contribution is 2.28. The summed E-state index contributed by atoms with van der Waals surface area (Å²) < 4.78 is 2.13. The van der Waals surface area contributed by atoms with Gasteiger partial charge in [-0.3, -0.25) is 4.79 Å². The molecule has 4 nitrogen and oxygen atoms in total. The normalized spacial score (nSPS) is 12.3. The van der Waals surface area contributed by atoms with Crippen LogP contribution < -0.4 is 5.32 Å². The van der Waals surface area contributed by atoms with Crippen LogP contribution >= 0.6 is 23.4 Å². The van der Waals surface area contributed by atoms with Crippen LogP contribution in [0.4, 0.5) is 5.69 Å². The maximum atomic E-state index is 12.4. The summed E-state index contributed by atoms with van der Waals surface area (Å²) in [6.07, 6.45) is 0. The molecule has 0 aliphatic rings. The van der Waals surface area contributed by atoms with Gasteiger partial charge in [0.15, 0.2) is 5.16 Å². The SMILES string of the molecule is CCn1c(S[C@H](C)C(=O)Nc2cccc(Cl)c2)nc2ccccc21. The molecule has 0 aliphatic heterocycles. The van der Waals surface area contributed by atoms with Crippen LogP contribution in [0.3, 0.4) is 0 Å². The van der Waals surface area contributed by atoms with Gasteiger partial charge in [-0.05, 0) is 44.2 Å². The molecule has 3 aromatic rings. The van der Waals surface area contributed by atoms with E-state index in [2.05, 4.69) is 21.8 Å². The Morgan fingerprint density at radius 3 is 2.83 bits per heavy atom. The van der Waals surface area contributed by atoms with Gasteiger partial charge in [0.1, 0.15) is 0 Å². The van der Waals surface area contributed by atoms with Crippen LogP contribution in [0.25, 0.3) is 11.0 Å². The van der Waals surface area contributed by atoms with E-state index >= 15 is 0 Å². The summed E-state index contributed by atoms with van der Waals surface area (Å²) in [5, 5.41) is 4.07. The van der Waals surface area contributed by atoms with Crippen molar-refractivity contribution in [2.24, 2.45) is 0 Å². The number of halogens is 1. The molecule has 2 aromatic carbocycles. The first-order valence-electron chi connectivity index (χ1n) is 7.77. The van der Waals surface area contributed by atoms with E-state index in [9.17, 15) is 4.79 Å². The van der Waals surface area contributed by atoms with Gasteiger partial charge in [-0.2, -0.15) is 0 Å². The molecule has 6 heteroatoms. The zero-order valence-corrected chi connectivity index (χ0v) is 15.1. The Balaban J connectivity index is 1.76. The second-order valence-electron chi connectivity index (χ2n) is 5.39. The third-order valence-corrected chi connectivity index (χ3v) is 5.00. The number of imidazole rings is 1. The fraction of sp³-hybridized carbons (Fsp3) is 0.222. The Hall–Kier alpha value is -1.98. The van der Waals surface area contributed by atoms with E-state index in [4.69, 9.17) is 11.6 Å². The van der Waals surface area contributed by atoms with Crippen molar-refractivity contribution in [3.8, 4) is 0 Å². The van der Waals surface area contributed by atoms with Crippen LogP contribution in [-0.4, -0.2) is 20.7 Å². The summed E-state index contributed by atoms with van der Waals surface area (Å²) in [4.78, 5) is 17.1. The summed E-state index contributed by atoms with van der Waals surface area (Å²) in [7, 11) is 0. The molecule has 0 unspecified atom stereocenters. The van der Waals surface area contributed by atoms with Gasteiger partial charge in [-0.1, -0.05) is 41.6 Å². The highest BCUT2D eigenvalue weighted by atomic mass is 35.5. The number of hydrogen-bond acceptors (Lipinski definition) is 3. The highest BCUT2D eigenvalue weighted by molar-refractivity contribution is 8.00. The second kappa shape index (κ2) is 7.28. The van der Waals surface area contributed by atoms with Gasteiger partial charge < -0.3 is 9.88 Å². The lowest BCUT2D eigenvalue weighted by Crippen LogP contribution is -2.22. The number of nitrogens with one attached hydrogen (secondary N) is 1. The molecule has 1 heterocycles. The first-order chi connectivity index (χ1) is 11.6. The minimum Gasteiger partial charge on any atom is -0.325 e. The van der Waals surface area contributed by atoms with E-state index in [1.807, 2.05) is 43.3 Å². The molecule has 0 radical (unpaired) electrons. The number of carbonyl (C=O) groups excluding carboxylic acids is 1. The number of carbonyl (C=O) groups is 1. The van der Waals surface area contributed by atoms with Gasteiger partial charge in [-0.15, -0.1) is 0 Å². The van der Waals surface area contributed by atoms with E-state index in [-0.39, 0.29) is 11.2 Å². The number of nitrogens with zero attached hydrogens (tertiary/aromatic N) is 2. The van der Waals surface area contributed by atoms with Crippen molar-refractivity contribution in [2.45, 2.75) is 30.8 Å². The maximum Gasteiger partial charge on any atom is 0.237 e. The molecule has 0 aliphatic carbocycles. The zero-order valence-electron chi connectivity index (χ0n) is 13.5. The van der Waals surface area contributed by atoms with E-state index in [1.54, 1.807) is 12.1 Å². The van der Waals surface area contributed by atoms with Crippen LogP contribution in [0, 0.1) is 0 Å². The Kier molecular flexibility index (Phi) is 5.11. The quantitative estimate of drug-likeness (QED) is 0.664. The fourth-order valence-electron chi connectivity index (χ4n) is 2.47. The molecule has 0 spiro atoms. The molecule has 0 fully saturated rings. The predicted molar refractivity (Wildman–Crippen MR) is 101 cm³/mol. The Morgan fingerprint density at radius 1 is 1.29 bits per heavy atom. The highest BCUT2D eigenvalue weighted by Gasteiger charge is 2.19. The Bertz CT molecular complexity index is 878. The largest absolute Gasteiger partial charge is 0.325 e. The molecule has 1 amide bonds. The van der Waals surface area contributed by atoms with Crippen molar-refractivity contribution in [1.29, 1.82) is 0 Å². The number of thioether (sulfide) groups is 1. The molecule has 0 saturated heterocycles. The summed E-state index contributed by atoms with van der Waals surface area (Å²) in [6, 6.07) is 15.2. The average molecular weight is 360 g/mol. The average Bonchev–Trinajstić information content (AvgIpc) is 2.91. The van der Waals surface area contributed by atoms with Crippen molar-refractivity contribution in [3.05, 3.63) is 53.6 Å². The fourth-order valence-corrected chi connectivity index (χ4v) is 3.65. The molecule has 1 atom stereocenters. The maximum absolute atomic E-state index is 12.4. The predicted octanol–water partition coefficient (Wildman–Crippen LogP) is 4.83. The first-order valence-corrected chi connectivity index (χ1v) is 9.02. The molecule has 24 heavy (non-hydrogen) atoms. The lowest BCUT2D eigenvalue weighted by atomic mass is 10.3. The molecule has 3 rings (SSSR count). The third-order valence-electron chi connectivity index (χ3n) is 3.68. The molecule has 1 aromatic heterocycles. The number of hydrogen-bond donors (Lipinski definition) is 1. The monoisotopic (exact) mass is 359 g/mol. The van der Waals surface area contributed by atoms with Crippen LogP contribution in [0.15, 0.2) is 53.7 Å². The third kappa shape index (κ3) is 3.57. The topological polar surface area (TPSA) is 46.9 Å². The van der Waals surface area contributed by atoms with Gasteiger partial charge >= 0.3 is 0 Å². The molecule has 124 valence electrons. The van der Waals surface area contributed by atoms with Gasteiger partial charge in [-0.25, -0.2) is 4.98 Å². The number of aromatic nitrogens is 2. The van der Waals surface area contributed by atoms with Crippen molar-refractivity contribution < 1.29 is 4.79 Å². The van der Waals surface area contributed by atoms with E-state index < -0.39 is 0 Å². The number of para-hydroxylation sites is 2. The number of fused-ring (bicyclic) bond motifs is 1. The lowest BCUT2D eigenvalue weighted by Gasteiger charge is -2.12. The molecular weight excluding hydrogens is 342 g/mol. The second-order valence-corrected chi connectivity index (χ2v) is 7.13. The van der Waals surface area contributed by atoms with Crippen LogP contribution in [0.1, 0.15) is 13.8 Å². The standard InChI is InChI=1S/C18H18ClN3OS/c1-3-22-16-10-5-4-9-15(16)21-18(22)24-12(2)17(23)20-14-8-6-7-13(19)11-14/h4-12H,3H2,1-2H3,(H,20,23)/t12-/m1/s1. The van der Waals surface area contributed by atoms with Crippen molar-refractivity contribution in [3.63, 3.8) is 0 Å². The Labute approximate surface area is 150 Å². The van der Waals surface area contributed by atoms with Gasteiger partial charge in [0.2, 0.25) is 5.91 Å². The van der Waals surface area contributed by atoms with Crippen molar-refractivity contribution >= 4 is 46.0 Å². The number of amides is 1. The molecule has 1 N–H and O–H groups in total. The van der Waals surface area contributed by atoms with E-state index in [0.717, 1.165) is 22.7 Å². The van der Waals surface area contributed by atoms with Crippen LogP contribution in [0.5, 0.6) is 0 Å². The van der Waals surface area contributed by atoms with Crippen LogP contribution in [-0.2, 0) is 11.3 Å². The first kappa shape index (κ1) is 16.9. The summed E-state index contributed by atoms with van der Waals surface area (Å²) in [5.41, 5.74) is 2.73. The van der Waals surface area contributed by atoms with Gasteiger partial charge in [0, 0.05) is 17.3 Å². The smallest absolute Gasteiger partial charge is 0.237 e. The number of anilines is 1. The zero-order chi connectivity index (χ0) is 17.1. The number of aryl methyl sites for hydroxylation is 1.